The van der Waals surface area contributed by atoms with Crippen LogP contribution >= 0.6 is 0 Å². The number of benzene rings is 3. The van der Waals surface area contributed by atoms with Gasteiger partial charge in [-0.2, -0.15) is 0 Å². The summed E-state index contributed by atoms with van der Waals surface area (Å²) in [5.74, 6) is -0.379. The Kier molecular flexibility index (Phi) is 6.36. The standard InChI is InChI=1S/C23H24N2O2/c24-22(26)18-25-16-17-27-23(19-10-4-1-5-11-19,20-12-6-2-7-13-20)21-14-8-3-9-15-21/h1-15,25H,16-18H2,(H2,24,26). The molecule has 0 fully saturated rings. The van der Waals surface area contributed by atoms with Crippen molar-refractivity contribution in [2.24, 2.45) is 5.73 Å². The van der Waals surface area contributed by atoms with Gasteiger partial charge in [0.2, 0.25) is 5.91 Å². The lowest BCUT2D eigenvalue weighted by molar-refractivity contribution is -0.117. The number of nitrogens with one attached hydrogen (secondary N) is 1. The van der Waals surface area contributed by atoms with Gasteiger partial charge in [-0.25, -0.2) is 0 Å². The van der Waals surface area contributed by atoms with Gasteiger partial charge in [0.25, 0.3) is 0 Å². The van der Waals surface area contributed by atoms with Crippen LogP contribution in [0.2, 0.25) is 0 Å². The van der Waals surface area contributed by atoms with E-state index in [1.807, 2.05) is 54.6 Å². The van der Waals surface area contributed by atoms with Gasteiger partial charge in [0, 0.05) is 6.54 Å². The molecule has 0 aliphatic rings. The smallest absolute Gasteiger partial charge is 0.231 e. The Labute approximate surface area is 160 Å². The molecular weight excluding hydrogens is 336 g/mol. The molecule has 0 aliphatic carbocycles. The molecule has 0 saturated heterocycles. The summed E-state index contributed by atoms with van der Waals surface area (Å²) in [5.41, 5.74) is 7.61. The van der Waals surface area contributed by atoms with Gasteiger partial charge in [0.05, 0.1) is 13.2 Å². The second-order valence-corrected chi connectivity index (χ2v) is 6.27. The molecule has 0 saturated carbocycles. The minimum atomic E-state index is -0.738. The Morgan fingerprint density at radius 2 is 1.19 bits per heavy atom. The number of ether oxygens (including phenoxy) is 1. The van der Waals surface area contributed by atoms with E-state index >= 15 is 0 Å². The molecule has 0 radical (unpaired) electrons. The Hall–Kier alpha value is -2.95. The molecule has 0 spiro atoms. The average molecular weight is 360 g/mol. The number of amides is 1. The predicted octanol–water partition coefficient (Wildman–Crippen LogP) is 3.07. The van der Waals surface area contributed by atoms with Gasteiger partial charge >= 0.3 is 0 Å². The highest BCUT2D eigenvalue weighted by Crippen LogP contribution is 2.40. The average Bonchev–Trinajstić information content (AvgIpc) is 2.73. The summed E-state index contributed by atoms with van der Waals surface area (Å²) < 4.78 is 6.56. The van der Waals surface area contributed by atoms with Crippen molar-refractivity contribution in [1.29, 1.82) is 0 Å². The first kappa shape index (κ1) is 18.8. The van der Waals surface area contributed by atoms with Gasteiger partial charge in [-0.05, 0) is 16.7 Å². The van der Waals surface area contributed by atoms with Gasteiger partial charge in [0.15, 0.2) is 0 Å². The van der Waals surface area contributed by atoms with E-state index < -0.39 is 5.60 Å². The van der Waals surface area contributed by atoms with E-state index in [9.17, 15) is 4.79 Å². The molecule has 4 nitrogen and oxygen atoms in total. The predicted molar refractivity (Wildman–Crippen MR) is 107 cm³/mol. The van der Waals surface area contributed by atoms with Crippen LogP contribution < -0.4 is 11.1 Å². The highest BCUT2D eigenvalue weighted by Gasteiger charge is 2.37. The van der Waals surface area contributed by atoms with E-state index in [1.165, 1.54) is 0 Å². The van der Waals surface area contributed by atoms with Crippen LogP contribution in [0.25, 0.3) is 0 Å². The maximum absolute atomic E-state index is 10.9. The Balaban J connectivity index is 2.02. The van der Waals surface area contributed by atoms with E-state index in [0.717, 1.165) is 16.7 Å². The minimum absolute atomic E-state index is 0.137. The van der Waals surface area contributed by atoms with Crippen LogP contribution in [0.1, 0.15) is 16.7 Å². The van der Waals surface area contributed by atoms with Crippen LogP contribution in [0.5, 0.6) is 0 Å². The quantitative estimate of drug-likeness (QED) is 0.455. The molecule has 0 aromatic heterocycles. The highest BCUT2D eigenvalue weighted by atomic mass is 16.5. The molecule has 3 aromatic rings. The molecule has 3 N–H and O–H groups in total. The number of carbonyl (C=O) groups is 1. The fraction of sp³-hybridized carbons (Fsp3) is 0.174. The summed E-state index contributed by atoms with van der Waals surface area (Å²) in [5, 5.41) is 3.01. The topological polar surface area (TPSA) is 64.4 Å². The molecule has 3 aromatic carbocycles. The zero-order valence-corrected chi connectivity index (χ0v) is 15.2. The molecule has 138 valence electrons. The van der Waals surface area contributed by atoms with Crippen LogP contribution in [0.3, 0.4) is 0 Å². The first-order valence-electron chi connectivity index (χ1n) is 9.03. The summed E-state index contributed by atoms with van der Waals surface area (Å²) in [6, 6.07) is 30.6. The van der Waals surface area contributed by atoms with Gasteiger partial charge in [-0.3, -0.25) is 4.79 Å². The molecule has 1 amide bonds. The van der Waals surface area contributed by atoms with E-state index in [-0.39, 0.29) is 12.5 Å². The lowest BCUT2D eigenvalue weighted by Crippen LogP contribution is -2.37. The third-order valence-electron chi connectivity index (χ3n) is 4.44. The zero-order valence-electron chi connectivity index (χ0n) is 15.2. The van der Waals surface area contributed by atoms with Crippen molar-refractivity contribution in [3.63, 3.8) is 0 Å². The van der Waals surface area contributed by atoms with Crippen LogP contribution in [0.4, 0.5) is 0 Å². The van der Waals surface area contributed by atoms with E-state index in [1.54, 1.807) is 0 Å². The second-order valence-electron chi connectivity index (χ2n) is 6.27. The van der Waals surface area contributed by atoms with E-state index in [4.69, 9.17) is 10.5 Å². The minimum Gasteiger partial charge on any atom is -0.369 e. The molecule has 0 atom stereocenters. The fourth-order valence-corrected chi connectivity index (χ4v) is 3.26. The van der Waals surface area contributed by atoms with Gasteiger partial charge in [0.1, 0.15) is 5.60 Å². The second kappa shape index (κ2) is 9.12. The van der Waals surface area contributed by atoms with Crippen LogP contribution in [0.15, 0.2) is 91.0 Å². The Morgan fingerprint density at radius 1 is 0.778 bits per heavy atom. The van der Waals surface area contributed by atoms with Crippen molar-refractivity contribution in [3.8, 4) is 0 Å². The number of primary amides is 1. The van der Waals surface area contributed by atoms with Crippen molar-refractivity contribution in [1.82, 2.24) is 5.32 Å². The normalized spacial score (nSPS) is 11.3. The summed E-state index contributed by atoms with van der Waals surface area (Å²) in [6.07, 6.45) is 0. The summed E-state index contributed by atoms with van der Waals surface area (Å²) in [4.78, 5) is 10.9. The lowest BCUT2D eigenvalue weighted by Gasteiger charge is -2.36. The number of hydrogen-bond donors (Lipinski definition) is 2. The number of hydrogen-bond acceptors (Lipinski definition) is 3. The summed E-state index contributed by atoms with van der Waals surface area (Å²) >= 11 is 0. The van der Waals surface area contributed by atoms with Gasteiger partial charge in [-0.1, -0.05) is 91.0 Å². The van der Waals surface area contributed by atoms with Crippen molar-refractivity contribution in [2.75, 3.05) is 19.7 Å². The molecular formula is C23H24N2O2. The Bertz CT molecular complexity index is 739. The molecule has 0 heterocycles. The first-order valence-corrected chi connectivity index (χ1v) is 9.03. The van der Waals surface area contributed by atoms with E-state index in [0.29, 0.717) is 13.2 Å². The zero-order chi connectivity index (χ0) is 19.0. The summed E-state index contributed by atoms with van der Waals surface area (Å²) in [6.45, 7) is 1.08. The fourth-order valence-electron chi connectivity index (χ4n) is 3.26. The molecule has 4 heteroatoms. The molecule has 27 heavy (non-hydrogen) atoms. The SMILES string of the molecule is NC(=O)CNCCOC(c1ccccc1)(c1ccccc1)c1ccccc1. The van der Waals surface area contributed by atoms with Crippen LogP contribution in [-0.4, -0.2) is 25.6 Å². The number of rotatable bonds is 9. The maximum atomic E-state index is 10.9. The Morgan fingerprint density at radius 3 is 1.56 bits per heavy atom. The highest BCUT2D eigenvalue weighted by molar-refractivity contribution is 5.75. The van der Waals surface area contributed by atoms with Gasteiger partial charge < -0.3 is 15.8 Å². The third kappa shape index (κ3) is 4.42. The maximum Gasteiger partial charge on any atom is 0.231 e. The molecule has 0 bridgehead atoms. The third-order valence-corrected chi connectivity index (χ3v) is 4.44. The van der Waals surface area contributed by atoms with Crippen LogP contribution in [-0.2, 0) is 15.1 Å². The van der Waals surface area contributed by atoms with Crippen molar-refractivity contribution in [3.05, 3.63) is 108 Å². The number of carbonyl (C=O) groups excluding carboxylic acids is 1. The first-order chi connectivity index (χ1) is 13.2. The lowest BCUT2D eigenvalue weighted by atomic mass is 9.80. The summed E-state index contributed by atoms with van der Waals surface area (Å²) in [7, 11) is 0. The van der Waals surface area contributed by atoms with Crippen LogP contribution in [0, 0.1) is 0 Å². The van der Waals surface area contributed by atoms with E-state index in [2.05, 4.69) is 41.7 Å². The largest absolute Gasteiger partial charge is 0.369 e. The molecule has 0 aliphatic heterocycles. The number of nitrogens with two attached hydrogens (primary N) is 1. The molecule has 0 unspecified atom stereocenters. The van der Waals surface area contributed by atoms with Crippen molar-refractivity contribution in [2.45, 2.75) is 5.60 Å². The van der Waals surface area contributed by atoms with Crippen molar-refractivity contribution < 1.29 is 9.53 Å². The van der Waals surface area contributed by atoms with Gasteiger partial charge in [-0.15, -0.1) is 0 Å². The van der Waals surface area contributed by atoms with Crippen molar-refractivity contribution >= 4 is 5.91 Å². The molecule has 3 rings (SSSR count). The monoisotopic (exact) mass is 360 g/mol.